The number of esters is 1. The number of nitrogens with zero attached hydrogens (tertiary/aromatic N) is 1. The third-order valence-corrected chi connectivity index (χ3v) is 11.4. The van der Waals surface area contributed by atoms with Crippen molar-refractivity contribution >= 4 is 29.4 Å². The Hall–Kier alpha value is -2.59. The van der Waals surface area contributed by atoms with Crippen molar-refractivity contribution in [1.29, 1.82) is 0 Å². The van der Waals surface area contributed by atoms with Crippen LogP contribution in [0.1, 0.15) is 84.5 Å². The van der Waals surface area contributed by atoms with Gasteiger partial charge >= 0.3 is 11.9 Å². The number of carbonyl (C=O) groups is 5. The minimum atomic E-state index is -1.60. The molecule has 0 radical (unpaired) electrons. The van der Waals surface area contributed by atoms with E-state index < -0.39 is 53.4 Å². The Morgan fingerprint density at radius 1 is 1.02 bits per heavy atom. The highest BCUT2D eigenvalue weighted by atomic mass is 16.5. The van der Waals surface area contributed by atoms with Crippen molar-refractivity contribution < 1.29 is 44.0 Å². The molecule has 0 aromatic heterocycles. The maximum absolute atomic E-state index is 13.4. The van der Waals surface area contributed by atoms with Crippen LogP contribution in [-0.2, 0) is 28.7 Å². The van der Waals surface area contributed by atoms with Crippen LogP contribution in [0.5, 0.6) is 0 Å². The number of likely N-dealkylation sites (tertiary alicyclic amines) is 1. The summed E-state index contributed by atoms with van der Waals surface area (Å²) in [6, 6.07) is -1.13. The number of carbonyl (C=O) groups excluding carboxylic acids is 4. The fourth-order valence-corrected chi connectivity index (χ4v) is 9.05. The van der Waals surface area contributed by atoms with Gasteiger partial charge in [0.25, 0.3) is 0 Å². The van der Waals surface area contributed by atoms with E-state index in [4.69, 9.17) is 4.74 Å². The highest BCUT2D eigenvalue weighted by Crippen LogP contribution is 2.67. The Bertz CT molecular complexity index is 1150. The summed E-state index contributed by atoms with van der Waals surface area (Å²) in [6.45, 7) is 3.61. The lowest BCUT2D eigenvalue weighted by molar-refractivity contribution is -0.170. The molecule has 10 nitrogen and oxygen atoms in total. The minimum Gasteiger partial charge on any atom is -0.480 e. The number of aliphatic hydroxyl groups is 2. The normalized spacial score (nSPS) is 40.5. The van der Waals surface area contributed by atoms with Gasteiger partial charge in [-0.05, 0) is 74.2 Å². The van der Waals surface area contributed by atoms with Crippen LogP contribution < -0.4 is 0 Å². The molecule has 0 unspecified atom stereocenters. The van der Waals surface area contributed by atoms with Gasteiger partial charge in [-0.15, -0.1) is 0 Å². The summed E-state index contributed by atoms with van der Waals surface area (Å²) in [5, 5.41) is 30.8. The lowest BCUT2D eigenvalue weighted by Crippen LogP contribution is -2.58. The average Bonchev–Trinajstić information content (AvgIpc) is 3.44. The second-order valence-corrected chi connectivity index (χ2v) is 13.2. The average molecular weight is 560 g/mol. The van der Waals surface area contributed by atoms with E-state index in [9.17, 15) is 39.3 Å². The van der Waals surface area contributed by atoms with Crippen LogP contribution in [-0.4, -0.2) is 80.5 Å². The van der Waals surface area contributed by atoms with Gasteiger partial charge in [0, 0.05) is 31.2 Å². The standard InChI is InChI=1S/C30H41NO9/c1-28-10-7-18(32)13-17(28)3-4-20-21(28)8-11-29(2)22(20)9-12-30(29,39)24(34)16-40-26(36)6-5-25(35)31-15-19(33)14-23(31)27(37)38/h13,19-23,33,39H,3-12,14-16H2,1-2H3,(H,37,38)/t19-,20-,21+,22+,23-,28+,29+,30+/m1/s1. The van der Waals surface area contributed by atoms with Gasteiger partial charge in [0.2, 0.25) is 11.7 Å². The summed E-state index contributed by atoms with van der Waals surface area (Å²) in [6.07, 6.45) is 6.12. The van der Waals surface area contributed by atoms with Gasteiger partial charge in [-0.25, -0.2) is 4.79 Å². The number of allylic oxidation sites excluding steroid dienone is 1. The molecule has 5 aliphatic rings. The number of rotatable bonds is 7. The number of hydrogen-bond donors (Lipinski definition) is 3. The highest BCUT2D eigenvalue weighted by molar-refractivity contribution is 5.92. The number of β-amino-alcohol motifs (C(OH)–C–C–N with tert-alkyl or cyclic N) is 1. The lowest BCUT2D eigenvalue weighted by Gasteiger charge is -2.58. The van der Waals surface area contributed by atoms with Crippen LogP contribution in [0.3, 0.4) is 0 Å². The molecular formula is C30H41NO9. The molecule has 220 valence electrons. The number of aliphatic hydroxyl groups excluding tert-OH is 1. The quantitative estimate of drug-likeness (QED) is 0.398. The maximum atomic E-state index is 13.4. The molecule has 40 heavy (non-hydrogen) atoms. The van der Waals surface area contributed by atoms with E-state index in [1.807, 2.05) is 13.0 Å². The molecule has 0 spiro atoms. The van der Waals surface area contributed by atoms with Gasteiger partial charge in [-0.2, -0.15) is 0 Å². The number of Topliss-reactive ketones (excluding diaryl/α,β-unsaturated/α-hetero) is 1. The summed E-state index contributed by atoms with van der Waals surface area (Å²) in [7, 11) is 0. The Kier molecular flexibility index (Phi) is 7.48. The summed E-state index contributed by atoms with van der Waals surface area (Å²) < 4.78 is 5.19. The van der Waals surface area contributed by atoms with Gasteiger partial charge in [-0.3, -0.25) is 19.2 Å². The second-order valence-electron chi connectivity index (χ2n) is 13.2. The fraction of sp³-hybridized carbons (Fsp3) is 0.767. The Morgan fingerprint density at radius 2 is 1.75 bits per heavy atom. The Morgan fingerprint density at radius 3 is 2.48 bits per heavy atom. The van der Waals surface area contributed by atoms with Gasteiger partial charge < -0.3 is 25.0 Å². The molecule has 8 atom stereocenters. The largest absolute Gasteiger partial charge is 0.480 e. The van der Waals surface area contributed by atoms with Crippen LogP contribution >= 0.6 is 0 Å². The molecule has 1 heterocycles. The van der Waals surface area contributed by atoms with Crippen LogP contribution in [0.2, 0.25) is 0 Å². The molecular weight excluding hydrogens is 518 g/mol. The summed E-state index contributed by atoms with van der Waals surface area (Å²) in [4.78, 5) is 62.7. The molecule has 3 saturated carbocycles. The Labute approximate surface area is 234 Å². The van der Waals surface area contributed by atoms with Crippen LogP contribution in [0, 0.1) is 28.6 Å². The Balaban J connectivity index is 1.18. The molecule has 0 bridgehead atoms. The third-order valence-electron chi connectivity index (χ3n) is 11.4. The smallest absolute Gasteiger partial charge is 0.326 e. The first kappa shape index (κ1) is 28.9. The molecule has 1 amide bonds. The van der Waals surface area contributed by atoms with Crippen molar-refractivity contribution in [3.8, 4) is 0 Å². The molecule has 0 aromatic rings. The van der Waals surface area contributed by atoms with Crippen LogP contribution in [0.4, 0.5) is 0 Å². The molecule has 0 aromatic carbocycles. The van der Waals surface area contributed by atoms with E-state index in [-0.39, 0.29) is 42.9 Å². The van der Waals surface area contributed by atoms with E-state index in [0.29, 0.717) is 31.1 Å². The molecule has 4 fully saturated rings. The van der Waals surface area contributed by atoms with Gasteiger partial charge in [0.15, 0.2) is 12.4 Å². The van der Waals surface area contributed by atoms with Gasteiger partial charge in [0.05, 0.1) is 12.5 Å². The number of amides is 1. The topological polar surface area (TPSA) is 159 Å². The number of carboxylic acids is 1. The molecule has 1 aliphatic heterocycles. The number of ether oxygens (including phenoxy) is 1. The second kappa shape index (κ2) is 10.4. The number of carboxylic acid groups (broad SMARTS) is 1. The first-order chi connectivity index (χ1) is 18.8. The zero-order valence-corrected chi connectivity index (χ0v) is 23.4. The zero-order valence-electron chi connectivity index (χ0n) is 23.4. The van der Waals surface area contributed by atoms with Crippen molar-refractivity contribution in [3.05, 3.63) is 11.6 Å². The number of ketones is 2. The summed E-state index contributed by atoms with van der Waals surface area (Å²) in [5.74, 6) is -1.91. The first-order valence-corrected chi connectivity index (χ1v) is 14.7. The lowest BCUT2D eigenvalue weighted by atomic mass is 9.46. The van der Waals surface area contributed by atoms with Crippen molar-refractivity contribution in [2.75, 3.05) is 13.2 Å². The number of fused-ring (bicyclic) bond motifs is 5. The molecule has 3 N–H and O–H groups in total. The highest BCUT2D eigenvalue weighted by Gasteiger charge is 2.66. The third kappa shape index (κ3) is 4.61. The fourth-order valence-electron chi connectivity index (χ4n) is 9.05. The van der Waals surface area contributed by atoms with Gasteiger partial charge in [-0.1, -0.05) is 19.4 Å². The summed E-state index contributed by atoms with van der Waals surface area (Å²) in [5.41, 5.74) is -0.965. The van der Waals surface area contributed by atoms with E-state index >= 15 is 0 Å². The summed E-state index contributed by atoms with van der Waals surface area (Å²) >= 11 is 0. The van der Waals surface area contributed by atoms with Gasteiger partial charge in [0.1, 0.15) is 11.6 Å². The number of aliphatic carboxylic acids is 1. The van der Waals surface area contributed by atoms with E-state index in [0.717, 1.165) is 37.0 Å². The van der Waals surface area contributed by atoms with E-state index in [1.165, 1.54) is 5.57 Å². The van der Waals surface area contributed by atoms with E-state index in [1.54, 1.807) is 0 Å². The number of hydrogen-bond acceptors (Lipinski definition) is 8. The van der Waals surface area contributed by atoms with Crippen molar-refractivity contribution in [2.24, 2.45) is 28.6 Å². The van der Waals surface area contributed by atoms with Crippen LogP contribution in [0.15, 0.2) is 11.6 Å². The molecule has 10 heteroatoms. The predicted octanol–water partition coefficient (Wildman–Crippen LogP) is 2.19. The minimum absolute atomic E-state index is 0.00647. The zero-order chi connectivity index (χ0) is 29.0. The molecule has 1 saturated heterocycles. The van der Waals surface area contributed by atoms with Crippen molar-refractivity contribution in [3.63, 3.8) is 0 Å². The van der Waals surface area contributed by atoms with Crippen molar-refractivity contribution in [2.45, 2.75) is 102 Å². The molecule has 5 rings (SSSR count). The van der Waals surface area contributed by atoms with Crippen LogP contribution in [0.25, 0.3) is 0 Å². The van der Waals surface area contributed by atoms with Crippen molar-refractivity contribution in [1.82, 2.24) is 4.90 Å². The monoisotopic (exact) mass is 559 g/mol. The SMILES string of the molecule is C[C@]12CCC(=O)C=C1CC[C@@H]1[C@@H]2CC[C@@]2(C)[C@H]1CC[C@]2(O)C(=O)COC(=O)CCC(=O)N1C[C@H](O)C[C@@H]1C(=O)O. The maximum Gasteiger partial charge on any atom is 0.326 e. The molecule has 4 aliphatic carbocycles. The first-order valence-electron chi connectivity index (χ1n) is 14.7. The predicted molar refractivity (Wildman–Crippen MR) is 141 cm³/mol. The van der Waals surface area contributed by atoms with E-state index in [2.05, 4.69) is 6.92 Å².